The quantitative estimate of drug-likeness (QED) is 0.496. The second kappa shape index (κ2) is 9.66. The van der Waals surface area contributed by atoms with Crippen LogP contribution in [0.4, 0.5) is 5.69 Å². The summed E-state index contributed by atoms with van der Waals surface area (Å²) in [5.74, 6) is -1.27. The maximum atomic E-state index is 11.9. The van der Waals surface area contributed by atoms with E-state index >= 15 is 0 Å². The molecule has 0 aliphatic heterocycles. The van der Waals surface area contributed by atoms with Gasteiger partial charge in [0.1, 0.15) is 0 Å². The molecule has 0 unspecified atom stereocenters. The van der Waals surface area contributed by atoms with Crippen molar-refractivity contribution in [2.45, 2.75) is 12.8 Å². The second-order valence-electron chi connectivity index (χ2n) is 5.57. The van der Waals surface area contributed by atoms with Crippen LogP contribution in [-0.2, 0) is 16.0 Å². The molecule has 0 aliphatic rings. The Morgan fingerprint density at radius 3 is 2.15 bits per heavy atom. The van der Waals surface area contributed by atoms with E-state index in [1.165, 1.54) is 24.3 Å². The number of carbonyl (C=O) groups is 3. The van der Waals surface area contributed by atoms with Crippen LogP contribution < -0.4 is 16.2 Å². The maximum absolute atomic E-state index is 11.9. The number of hydrogen-bond donors (Lipinski definition) is 3. The predicted octanol–water partition coefficient (Wildman–Crippen LogP) is 1.10. The molecule has 2 aromatic rings. The lowest BCUT2D eigenvalue weighted by Gasteiger charge is -2.08. The molecule has 0 atom stereocenters. The summed E-state index contributed by atoms with van der Waals surface area (Å²) in [4.78, 5) is 45.3. The molecule has 0 fully saturated rings. The Bertz CT molecular complexity index is 821. The van der Waals surface area contributed by atoms with E-state index in [1.54, 1.807) is 12.1 Å². The van der Waals surface area contributed by atoms with Crippen LogP contribution in [0.3, 0.4) is 0 Å². The summed E-state index contributed by atoms with van der Waals surface area (Å²) >= 11 is 0. The van der Waals surface area contributed by atoms with Gasteiger partial charge in [-0.2, -0.15) is 0 Å². The zero-order chi connectivity index (χ0) is 19.6. The van der Waals surface area contributed by atoms with E-state index in [2.05, 4.69) is 16.2 Å². The first-order valence-corrected chi connectivity index (χ1v) is 8.10. The van der Waals surface area contributed by atoms with Gasteiger partial charge in [0.2, 0.25) is 11.8 Å². The molecule has 0 saturated carbocycles. The highest BCUT2D eigenvalue weighted by atomic mass is 16.6. The van der Waals surface area contributed by atoms with Gasteiger partial charge in [-0.3, -0.25) is 35.3 Å². The van der Waals surface area contributed by atoms with Crippen LogP contribution in [0.2, 0.25) is 0 Å². The molecule has 0 spiro atoms. The summed E-state index contributed by atoms with van der Waals surface area (Å²) < 4.78 is 0. The number of hydrazine groups is 1. The number of nitro benzene ring substituents is 1. The van der Waals surface area contributed by atoms with Crippen molar-refractivity contribution in [2.24, 2.45) is 0 Å². The third-order valence-electron chi connectivity index (χ3n) is 3.53. The Labute approximate surface area is 154 Å². The zero-order valence-electron chi connectivity index (χ0n) is 14.3. The van der Waals surface area contributed by atoms with Crippen molar-refractivity contribution in [3.63, 3.8) is 0 Å². The molecule has 27 heavy (non-hydrogen) atoms. The molecule has 2 aromatic carbocycles. The first-order chi connectivity index (χ1) is 13.0. The minimum Gasteiger partial charge on any atom is -0.352 e. The zero-order valence-corrected chi connectivity index (χ0v) is 14.3. The second-order valence-corrected chi connectivity index (χ2v) is 5.57. The van der Waals surface area contributed by atoms with E-state index in [-0.39, 0.29) is 36.5 Å². The lowest BCUT2D eigenvalue weighted by molar-refractivity contribution is -0.384. The number of non-ortho nitro benzene ring substituents is 1. The molecule has 0 saturated heterocycles. The van der Waals surface area contributed by atoms with E-state index in [0.29, 0.717) is 0 Å². The summed E-state index contributed by atoms with van der Waals surface area (Å²) in [6.45, 7) is 0.0518. The summed E-state index contributed by atoms with van der Waals surface area (Å²) in [5.41, 5.74) is 5.53. The van der Waals surface area contributed by atoms with Crippen molar-refractivity contribution in [3.05, 3.63) is 75.8 Å². The number of hydrogen-bond acceptors (Lipinski definition) is 5. The van der Waals surface area contributed by atoms with Crippen LogP contribution in [-0.4, -0.2) is 29.2 Å². The number of rotatable bonds is 7. The Morgan fingerprint density at radius 2 is 1.52 bits per heavy atom. The van der Waals surface area contributed by atoms with E-state index < -0.39 is 16.7 Å². The van der Waals surface area contributed by atoms with Crippen molar-refractivity contribution >= 4 is 23.4 Å². The van der Waals surface area contributed by atoms with Gasteiger partial charge < -0.3 is 5.32 Å². The Balaban J connectivity index is 1.67. The van der Waals surface area contributed by atoms with Gasteiger partial charge in [-0.25, -0.2) is 0 Å². The van der Waals surface area contributed by atoms with Crippen molar-refractivity contribution in [2.75, 3.05) is 6.54 Å². The molecule has 0 aliphatic carbocycles. The summed E-state index contributed by atoms with van der Waals surface area (Å²) in [5, 5.41) is 13.1. The largest absolute Gasteiger partial charge is 0.352 e. The van der Waals surface area contributed by atoms with Gasteiger partial charge in [-0.1, -0.05) is 30.3 Å². The molecule has 0 aromatic heterocycles. The number of nitrogens with one attached hydrogen (secondary N) is 3. The SMILES string of the molecule is O=C(CCNC(=O)c1ccc([N+](=O)[O-])cc1)NNC(=O)Cc1ccccc1. The molecule has 0 radical (unpaired) electrons. The third kappa shape index (κ3) is 6.58. The maximum Gasteiger partial charge on any atom is 0.269 e. The average Bonchev–Trinajstić information content (AvgIpc) is 2.67. The smallest absolute Gasteiger partial charge is 0.269 e. The number of carbonyl (C=O) groups excluding carboxylic acids is 3. The summed E-state index contributed by atoms with van der Waals surface area (Å²) in [6, 6.07) is 14.2. The van der Waals surface area contributed by atoms with Gasteiger partial charge in [0.05, 0.1) is 11.3 Å². The normalized spacial score (nSPS) is 9.93. The lowest BCUT2D eigenvalue weighted by atomic mass is 10.1. The van der Waals surface area contributed by atoms with Crippen LogP contribution in [0.15, 0.2) is 54.6 Å². The van der Waals surface area contributed by atoms with Gasteiger partial charge in [-0.05, 0) is 17.7 Å². The van der Waals surface area contributed by atoms with Crippen LogP contribution in [0, 0.1) is 10.1 Å². The van der Waals surface area contributed by atoms with E-state index in [4.69, 9.17) is 0 Å². The Morgan fingerprint density at radius 1 is 0.889 bits per heavy atom. The highest BCUT2D eigenvalue weighted by molar-refractivity contribution is 5.94. The molecule has 0 bridgehead atoms. The number of nitro groups is 1. The van der Waals surface area contributed by atoms with Gasteiger partial charge in [-0.15, -0.1) is 0 Å². The van der Waals surface area contributed by atoms with Gasteiger partial charge in [0.15, 0.2) is 0 Å². The van der Waals surface area contributed by atoms with E-state index in [0.717, 1.165) is 5.56 Å². The van der Waals surface area contributed by atoms with E-state index in [1.807, 2.05) is 18.2 Å². The fraction of sp³-hybridized carbons (Fsp3) is 0.167. The predicted molar refractivity (Wildman–Crippen MR) is 96.5 cm³/mol. The Hall–Kier alpha value is -3.75. The van der Waals surface area contributed by atoms with Crippen molar-refractivity contribution in [1.29, 1.82) is 0 Å². The fourth-order valence-electron chi connectivity index (χ4n) is 2.15. The van der Waals surface area contributed by atoms with Gasteiger partial charge in [0.25, 0.3) is 11.6 Å². The standard InChI is InChI=1S/C18H18N4O5/c23-16(20-21-17(24)12-13-4-2-1-3-5-13)10-11-19-18(25)14-6-8-15(9-7-14)22(26)27/h1-9H,10-12H2,(H,19,25)(H,20,23)(H,21,24). The summed E-state index contributed by atoms with van der Waals surface area (Å²) in [6.07, 6.45) is 0.0995. The number of benzene rings is 2. The lowest BCUT2D eigenvalue weighted by Crippen LogP contribution is -2.43. The van der Waals surface area contributed by atoms with Crippen LogP contribution >= 0.6 is 0 Å². The van der Waals surface area contributed by atoms with E-state index in [9.17, 15) is 24.5 Å². The topological polar surface area (TPSA) is 130 Å². The molecule has 0 heterocycles. The first kappa shape index (κ1) is 19.6. The van der Waals surface area contributed by atoms with Crippen LogP contribution in [0.25, 0.3) is 0 Å². The molecule has 140 valence electrons. The molecule has 3 amide bonds. The number of amides is 3. The van der Waals surface area contributed by atoms with Crippen molar-refractivity contribution in [3.8, 4) is 0 Å². The average molecular weight is 370 g/mol. The van der Waals surface area contributed by atoms with Crippen molar-refractivity contribution in [1.82, 2.24) is 16.2 Å². The fourth-order valence-corrected chi connectivity index (χ4v) is 2.15. The number of nitrogens with zero attached hydrogens (tertiary/aromatic N) is 1. The van der Waals surface area contributed by atoms with Crippen LogP contribution in [0.5, 0.6) is 0 Å². The highest BCUT2D eigenvalue weighted by Gasteiger charge is 2.10. The third-order valence-corrected chi connectivity index (χ3v) is 3.53. The molecular formula is C18H18N4O5. The van der Waals surface area contributed by atoms with Crippen molar-refractivity contribution < 1.29 is 19.3 Å². The molecule has 9 heteroatoms. The monoisotopic (exact) mass is 370 g/mol. The first-order valence-electron chi connectivity index (χ1n) is 8.10. The molecule has 2 rings (SSSR count). The van der Waals surface area contributed by atoms with Gasteiger partial charge >= 0.3 is 0 Å². The Kier molecular flexibility index (Phi) is 7.00. The molecule has 3 N–H and O–H groups in total. The van der Waals surface area contributed by atoms with Crippen LogP contribution in [0.1, 0.15) is 22.3 Å². The van der Waals surface area contributed by atoms with Gasteiger partial charge in [0, 0.05) is 30.7 Å². The molecular weight excluding hydrogens is 352 g/mol. The summed E-state index contributed by atoms with van der Waals surface area (Å²) in [7, 11) is 0. The molecule has 9 nitrogen and oxygen atoms in total. The highest BCUT2D eigenvalue weighted by Crippen LogP contribution is 2.11. The minimum atomic E-state index is -0.557. The minimum absolute atomic E-state index is 0.0374.